The largest absolute Gasteiger partial charge is 0.489 e. The molecule has 0 aliphatic heterocycles. The lowest BCUT2D eigenvalue weighted by Gasteiger charge is -2.10. The molecule has 2 N–H and O–H groups in total. The number of carbonyl (C=O) groups is 2. The number of anilines is 1. The Morgan fingerprint density at radius 1 is 1.00 bits per heavy atom. The first-order chi connectivity index (χ1) is 11.4. The molecule has 2 aromatic carbocycles. The van der Waals surface area contributed by atoms with Gasteiger partial charge in [0.1, 0.15) is 12.4 Å². The van der Waals surface area contributed by atoms with Gasteiger partial charge in [0.2, 0.25) is 0 Å². The smallest absolute Gasteiger partial charge is 0.313 e. The minimum absolute atomic E-state index is 0.0908. The van der Waals surface area contributed by atoms with Gasteiger partial charge in [0.05, 0.1) is 0 Å². The Morgan fingerprint density at radius 3 is 2.21 bits per heavy atom. The highest BCUT2D eigenvalue weighted by atomic mass is 35.5. The van der Waals surface area contributed by atoms with Gasteiger partial charge in [-0.15, -0.1) is 0 Å². The molecule has 0 spiro atoms. The monoisotopic (exact) mass is 346 g/mol. The normalized spacial score (nSPS) is 10.3. The molecule has 24 heavy (non-hydrogen) atoms. The van der Waals surface area contributed by atoms with Crippen molar-refractivity contribution in [2.45, 2.75) is 26.5 Å². The van der Waals surface area contributed by atoms with E-state index in [9.17, 15) is 9.59 Å². The number of nitrogens with one attached hydrogen (secondary N) is 2. The number of amides is 2. The second-order valence-corrected chi connectivity index (χ2v) is 5.96. The Hall–Kier alpha value is -2.53. The molecule has 0 aliphatic rings. The third kappa shape index (κ3) is 5.59. The molecule has 6 heteroatoms. The van der Waals surface area contributed by atoms with Gasteiger partial charge in [0.15, 0.2) is 0 Å². The lowest BCUT2D eigenvalue weighted by atomic mass is 10.2. The van der Waals surface area contributed by atoms with E-state index in [1.54, 1.807) is 50.2 Å². The highest BCUT2D eigenvalue weighted by molar-refractivity contribution is 6.39. The molecule has 0 fully saturated rings. The third-order valence-corrected chi connectivity index (χ3v) is 3.31. The van der Waals surface area contributed by atoms with Crippen molar-refractivity contribution in [1.29, 1.82) is 0 Å². The highest BCUT2D eigenvalue weighted by Crippen LogP contribution is 2.18. The van der Waals surface area contributed by atoms with Crippen LogP contribution in [0.1, 0.15) is 19.4 Å². The minimum atomic E-state index is -0.696. The number of hydrogen-bond acceptors (Lipinski definition) is 3. The summed E-state index contributed by atoms with van der Waals surface area (Å²) in [7, 11) is 0. The zero-order chi connectivity index (χ0) is 17.5. The average molecular weight is 347 g/mol. The van der Waals surface area contributed by atoms with E-state index in [1.165, 1.54) is 0 Å². The van der Waals surface area contributed by atoms with Gasteiger partial charge in [-0.3, -0.25) is 9.59 Å². The predicted molar refractivity (Wildman–Crippen MR) is 94.1 cm³/mol. The Kier molecular flexibility index (Phi) is 6.21. The molecule has 0 atom stereocenters. The predicted octanol–water partition coefficient (Wildman–Crippen LogP) is 3.38. The molecule has 0 radical (unpaired) electrons. The molecule has 0 heterocycles. The van der Waals surface area contributed by atoms with Gasteiger partial charge in [0.25, 0.3) is 0 Å². The van der Waals surface area contributed by atoms with E-state index in [-0.39, 0.29) is 6.04 Å². The average Bonchev–Trinajstić information content (AvgIpc) is 2.55. The van der Waals surface area contributed by atoms with E-state index < -0.39 is 11.8 Å². The Bertz CT molecular complexity index is 697. The summed E-state index contributed by atoms with van der Waals surface area (Å²) in [4.78, 5) is 23.3. The van der Waals surface area contributed by atoms with Gasteiger partial charge in [-0.05, 0) is 55.8 Å². The molecule has 0 unspecified atom stereocenters. The summed E-state index contributed by atoms with van der Waals surface area (Å²) in [6.07, 6.45) is 0. The van der Waals surface area contributed by atoms with Gasteiger partial charge >= 0.3 is 11.8 Å². The summed E-state index contributed by atoms with van der Waals surface area (Å²) in [5.41, 5.74) is 1.53. The molecule has 0 saturated heterocycles. The van der Waals surface area contributed by atoms with Crippen LogP contribution < -0.4 is 15.4 Å². The summed E-state index contributed by atoms with van der Waals surface area (Å²) >= 11 is 5.83. The zero-order valence-corrected chi connectivity index (χ0v) is 14.3. The zero-order valence-electron chi connectivity index (χ0n) is 13.5. The topological polar surface area (TPSA) is 67.4 Å². The van der Waals surface area contributed by atoms with E-state index in [4.69, 9.17) is 16.3 Å². The highest BCUT2D eigenvalue weighted by Gasteiger charge is 2.14. The number of halogens is 1. The SMILES string of the molecule is CC(C)NC(=O)C(=O)Nc1ccc(OCc2ccc(Cl)cc2)cc1. The van der Waals surface area contributed by atoms with E-state index in [2.05, 4.69) is 10.6 Å². The van der Waals surface area contributed by atoms with Crippen molar-refractivity contribution in [2.75, 3.05) is 5.32 Å². The van der Waals surface area contributed by atoms with Gasteiger partial charge in [-0.2, -0.15) is 0 Å². The van der Waals surface area contributed by atoms with Crippen molar-refractivity contribution in [3.05, 3.63) is 59.1 Å². The molecule has 2 rings (SSSR count). The second kappa shape index (κ2) is 8.36. The Labute approximate surface area is 146 Å². The molecule has 2 amide bonds. The maximum Gasteiger partial charge on any atom is 0.313 e. The number of ether oxygens (including phenoxy) is 1. The number of benzene rings is 2. The lowest BCUT2D eigenvalue weighted by molar-refractivity contribution is -0.136. The maximum atomic E-state index is 11.7. The molecule has 0 saturated carbocycles. The van der Waals surface area contributed by atoms with E-state index in [0.29, 0.717) is 23.1 Å². The van der Waals surface area contributed by atoms with Crippen molar-refractivity contribution >= 4 is 29.1 Å². The molecule has 2 aromatic rings. The molecule has 126 valence electrons. The Morgan fingerprint density at radius 2 is 1.62 bits per heavy atom. The fourth-order valence-corrected chi connectivity index (χ4v) is 2.02. The fourth-order valence-electron chi connectivity index (χ4n) is 1.90. The van der Waals surface area contributed by atoms with Crippen LogP contribution in [0, 0.1) is 0 Å². The summed E-state index contributed by atoms with van der Waals surface area (Å²) in [5.74, 6) is -0.693. The molecule has 5 nitrogen and oxygen atoms in total. The quantitative estimate of drug-likeness (QED) is 0.815. The summed E-state index contributed by atoms with van der Waals surface area (Å²) in [5, 5.41) is 5.75. The van der Waals surface area contributed by atoms with Crippen LogP contribution in [-0.4, -0.2) is 17.9 Å². The van der Waals surface area contributed by atoms with Crippen molar-refractivity contribution in [1.82, 2.24) is 5.32 Å². The van der Waals surface area contributed by atoms with E-state index in [1.807, 2.05) is 12.1 Å². The first-order valence-corrected chi connectivity index (χ1v) is 7.91. The molecular formula is C18H19ClN2O3. The van der Waals surface area contributed by atoms with Crippen LogP contribution in [0.2, 0.25) is 5.02 Å². The van der Waals surface area contributed by atoms with Crippen LogP contribution in [0.3, 0.4) is 0 Å². The first-order valence-electron chi connectivity index (χ1n) is 7.53. The van der Waals surface area contributed by atoms with Crippen molar-refractivity contribution in [2.24, 2.45) is 0 Å². The van der Waals surface area contributed by atoms with Gasteiger partial charge in [-0.1, -0.05) is 23.7 Å². The van der Waals surface area contributed by atoms with Crippen molar-refractivity contribution < 1.29 is 14.3 Å². The standard InChI is InChI=1S/C18H19ClN2O3/c1-12(2)20-17(22)18(23)21-15-7-9-16(10-8-15)24-11-13-3-5-14(19)6-4-13/h3-10,12H,11H2,1-2H3,(H,20,22)(H,21,23). The second-order valence-electron chi connectivity index (χ2n) is 5.52. The molecular weight excluding hydrogens is 328 g/mol. The van der Waals surface area contributed by atoms with Crippen LogP contribution in [0.4, 0.5) is 5.69 Å². The molecule has 0 aliphatic carbocycles. The number of carbonyl (C=O) groups excluding carboxylic acids is 2. The summed E-state index contributed by atoms with van der Waals surface area (Å²) < 4.78 is 5.66. The van der Waals surface area contributed by atoms with Gasteiger partial charge in [0, 0.05) is 16.8 Å². The fraction of sp³-hybridized carbons (Fsp3) is 0.222. The van der Waals surface area contributed by atoms with Crippen LogP contribution in [0.15, 0.2) is 48.5 Å². The van der Waals surface area contributed by atoms with Gasteiger partial charge in [-0.25, -0.2) is 0 Å². The molecule has 0 aromatic heterocycles. The van der Waals surface area contributed by atoms with E-state index >= 15 is 0 Å². The number of rotatable bonds is 5. The van der Waals surface area contributed by atoms with Crippen LogP contribution in [-0.2, 0) is 16.2 Å². The van der Waals surface area contributed by atoms with Crippen molar-refractivity contribution in [3.8, 4) is 5.75 Å². The first kappa shape index (κ1) is 17.8. The van der Waals surface area contributed by atoms with Crippen molar-refractivity contribution in [3.63, 3.8) is 0 Å². The third-order valence-electron chi connectivity index (χ3n) is 3.06. The Balaban J connectivity index is 1.87. The summed E-state index contributed by atoms with van der Waals surface area (Å²) in [6, 6.07) is 14.1. The van der Waals surface area contributed by atoms with Crippen LogP contribution in [0.5, 0.6) is 5.75 Å². The molecule has 0 bridgehead atoms. The summed E-state index contributed by atoms with van der Waals surface area (Å²) in [6.45, 7) is 4.00. The van der Waals surface area contributed by atoms with Crippen LogP contribution in [0.25, 0.3) is 0 Å². The lowest BCUT2D eigenvalue weighted by Crippen LogP contribution is -2.39. The van der Waals surface area contributed by atoms with E-state index in [0.717, 1.165) is 5.56 Å². The minimum Gasteiger partial charge on any atom is -0.489 e. The maximum absolute atomic E-state index is 11.7. The number of hydrogen-bond donors (Lipinski definition) is 2. The van der Waals surface area contributed by atoms with Crippen LogP contribution >= 0.6 is 11.6 Å². The van der Waals surface area contributed by atoms with Gasteiger partial charge < -0.3 is 15.4 Å².